The Bertz CT molecular complexity index is 794. The third kappa shape index (κ3) is 4.92. The quantitative estimate of drug-likeness (QED) is 0.723. The molecule has 3 aromatic rings. The number of carbonyl (C=O) groups excluding carboxylic acids is 1. The van der Waals surface area contributed by atoms with Gasteiger partial charge in [-0.05, 0) is 31.0 Å². The molecule has 0 aliphatic carbocycles. The van der Waals surface area contributed by atoms with E-state index in [-0.39, 0.29) is 5.91 Å². The number of fused-ring (bicyclic) bond motifs is 1. The first kappa shape index (κ1) is 17.7. The number of carbonyl (C=O) groups is 1. The van der Waals surface area contributed by atoms with Crippen LogP contribution in [0.15, 0.2) is 60.8 Å². The highest BCUT2D eigenvalue weighted by Crippen LogP contribution is 2.16. The SMILES string of the molecule is CC.Cc1ccc(CCC(=O)Nc2cnc3ccccc3c2)cc1. The standard InChI is InChI=1S/C19H18N2O.C2H6/c1-14-6-8-15(9-7-14)10-11-19(22)21-17-12-16-4-2-3-5-18(16)20-13-17;1-2/h2-9,12-13H,10-11H2,1H3,(H,21,22);1-2H3. The van der Waals surface area contributed by atoms with Crippen molar-refractivity contribution in [2.45, 2.75) is 33.6 Å². The molecule has 0 aliphatic rings. The minimum atomic E-state index is 0.0117. The summed E-state index contributed by atoms with van der Waals surface area (Å²) in [6, 6.07) is 18.1. The largest absolute Gasteiger partial charge is 0.325 e. The molecule has 0 saturated carbocycles. The van der Waals surface area contributed by atoms with E-state index < -0.39 is 0 Å². The fraction of sp³-hybridized carbons (Fsp3) is 0.238. The second kappa shape index (κ2) is 8.82. The number of amides is 1. The lowest BCUT2D eigenvalue weighted by Gasteiger charge is -2.06. The summed E-state index contributed by atoms with van der Waals surface area (Å²) in [5, 5.41) is 3.94. The average Bonchev–Trinajstić information content (AvgIpc) is 2.63. The lowest BCUT2D eigenvalue weighted by Crippen LogP contribution is -2.12. The van der Waals surface area contributed by atoms with Crippen LogP contribution in [0.4, 0.5) is 5.69 Å². The first-order valence-electron chi connectivity index (χ1n) is 8.41. The van der Waals surface area contributed by atoms with Gasteiger partial charge in [-0.2, -0.15) is 0 Å². The third-order valence-electron chi connectivity index (χ3n) is 3.64. The fourth-order valence-electron chi connectivity index (χ4n) is 2.38. The molecule has 3 nitrogen and oxygen atoms in total. The minimum Gasteiger partial charge on any atom is -0.325 e. The van der Waals surface area contributed by atoms with E-state index in [1.54, 1.807) is 6.20 Å². The van der Waals surface area contributed by atoms with Gasteiger partial charge in [0.25, 0.3) is 0 Å². The van der Waals surface area contributed by atoms with Crippen LogP contribution in [0.2, 0.25) is 0 Å². The van der Waals surface area contributed by atoms with E-state index in [2.05, 4.69) is 41.5 Å². The molecule has 0 aliphatic heterocycles. The van der Waals surface area contributed by atoms with Gasteiger partial charge < -0.3 is 5.32 Å². The zero-order valence-electron chi connectivity index (χ0n) is 14.5. The molecular formula is C21H24N2O. The van der Waals surface area contributed by atoms with E-state index in [1.165, 1.54) is 11.1 Å². The van der Waals surface area contributed by atoms with E-state index in [1.807, 2.05) is 44.2 Å². The van der Waals surface area contributed by atoms with E-state index in [9.17, 15) is 4.79 Å². The van der Waals surface area contributed by atoms with Gasteiger partial charge in [0.1, 0.15) is 0 Å². The zero-order chi connectivity index (χ0) is 17.4. The van der Waals surface area contributed by atoms with E-state index >= 15 is 0 Å². The minimum absolute atomic E-state index is 0.0117. The Kier molecular flexibility index (Phi) is 6.50. The molecule has 124 valence electrons. The molecule has 3 heteroatoms. The molecule has 0 spiro atoms. The summed E-state index contributed by atoms with van der Waals surface area (Å²) in [6.07, 6.45) is 2.91. The van der Waals surface area contributed by atoms with Gasteiger partial charge in [0.2, 0.25) is 5.91 Å². The van der Waals surface area contributed by atoms with Crippen LogP contribution < -0.4 is 5.32 Å². The molecule has 0 atom stereocenters. The van der Waals surface area contributed by atoms with Crippen LogP contribution in [-0.2, 0) is 11.2 Å². The maximum absolute atomic E-state index is 12.0. The Morgan fingerprint density at radius 2 is 1.75 bits per heavy atom. The van der Waals surface area contributed by atoms with Gasteiger partial charge in [0.15, 0.2) is 0 Å². The van der Waals surface area contributed by atoms with Crippen LogP contribution in [0, 0.1) is 6.92 Å². The Morgan fingerprint density at radius 1 is 1.04 bits per heavy atom. The third-order valence-corrected chi connectivity index (χ3v) is 3.64. The second-order valence-electron chi connectivity index (χ2n) is 5.45. The molecule has 0 radical (unpaired) electrons. The summed E-state index contributed by atoms with van der Waals surface area (Å²) >= 11 is 0. The summed E-state index contributed by atoms with van der Waals surface area (Å²) in [6.45, 7) is 6.06. The van der Waals surface area contributed by atoms with Crippen molar-refractivity contribution >= 4 is 22.5 Å². The van der Waals surface area contributed by atoms with Crippen LogP contribution in [0.5, 0.6) is 0 Å². The molecule has 2 aromatic carbocycles. The molecule has 1 amide bonds. The van der Waals surface area contributed by atoms with Gasteiger partial charge in [-0.25, -0.2) is 0 Å². The van der Waals surface area contributed by atoms with Crippen molar-refractivity contribution in [2.24, 2.45) is 0 Å². The summed E-state index contributed by atoms with van der Waals surface area (Å²) in [5.41, 5.74) is 4.08. The van der Waals surface area contributed by atoms with Crippen LogP contribution in [0.3, 0.4) is 0 Å². The average molecular weight is 320 g/mol. The molecule has 0 fully saturated rings. The Balaban J connectivity index is 0.00000100. The van der Waals surface area contributed by atoms with Crippen molar-refractivity contribution in [1.82, 2.24) is 4.98 Å². The number of aromatic nitrogens is 1. The van der Waals surface area contributed by atoms with Gasteiger partial charge >= 0.3 is 0 Å². The van der Waals surface area contributed by atoms with Crippen LogP contribution >= 0.6 is 0 Å². The molecule has 24 heavy (non-hydrogen) atoms. The number of benzene rings is 2. The molecule has 0 saturated heterocycles. The van der Waals surface area contributed by atoms with Crippen molar-refractivity contribution in [3.05, 3.63) is 71.9 Å². The van der Waals surface area contributed by atoms with Gasteiger partial charge in [-0.1, -0.05) is 61.9 Å². The predicted octanol–water partition coefficient (Wildman–Crippen LogP) is 5.14. The summed E-state index contributed by atoms with van der Waals surface area (Å²) in [5.74, 6) is 0.0117. The number of nitrogens with zero attached hydrogens (tertiary/aromatic N) is 1. The monoisotopic (exact) mass is 320 g/mol. The van der Waals surface area contributed by atoms with E-state index in [4.69, 9.17) is 0 Å². The number of pyridine rings is 1. The number of nitrogens with one attached hydrogen (secondary N) is 1. The first-order chi connectivity index (χ1) is 11.7. The molecule has 1 aromatic heterocycles. The number of anilines is 1. The van der Waals surface area contributed by atoms with Crippen molar-refractivity contribution in [1.29, 1.82) is 0 Å². The predicted molar refractivity (Wildman–Crippen MR) is 101 cm³/mol. The van der Waals surface area contributed by atoms with Crippen LogP contribution in [0.25, 0.3) is 10.9 Å². The van der Waals surface area contributed by atoms with Crippen molar-refractivity contribution in [3.8, 4) is 0 Å². The van der Waals surface area contributed by atoms with Gasteiger partial charge in [-0.15, -0.1) is 0 Å². The number of rotatable bonds is 4. The van der Waals surface area contributed by atoms with Gasteiger partial charge in [0, 0.05) is 11.8 Å². The number of aryl methyl sites for hydroxylation is 2. The summed E-state index contributed by atoms with van der Waals surface area (Å²) in [4.78, 5) is 16.4. The van der Waals surface area contributed by atoms with E-state index in [0.29, 0.717) is 6.42 Å². The normalized spacial score (nSPS) is 9.96. The number of para-hydroxylation sites is 1. The van der Waals surface area contributed by atoms with Crippen molar-refractivity contribution in [2.75, 3.05) is 5.32 Å². The smallest absolute Gasteiger partial charge is 0.224 e. The van der Waals surface area contributed by atoms with Gasteiger partial charge in [-0.3, -0.25) is 9.78 Å². The second-order valence-corrected chi connectivity index (χ2v) is 5.45. The van der Waals surface area contributed by atoms with Gasteiger partial charge in [0.05, 0.1) is 17.4 Å². The lowest BCUT2D eigenvalue weighted by atomic mass is 10.1. The first-order valence-corrected chi connectivity index (χ1v) is 8.41. The summed E-state index contributed by atoms with van der Waals surface area (Å²) in [7, 11) is 0. The maximum atomic E-state index is 12.0. The number of hydrogen-bond acceptors (Lipinski definition) is 2. The van der Waals surface area contributed by atoms with Crippen LogP contribution in [-0.4, -0.2) is 10.9 Å². The van der Waals surface area contributed by atoms with Crippen molar-refractivity contribution in [3.63, 3.8) is 0 Å². The molecule has 0 unspecified atom stereocenters. The van der Waals surface area contributed by atoms with Crippen molar-refractivity contribution < 1.29 is 4.79 Å². The highest BCUT2D eigenvalue weighted by Gasteiger charge is 2.04. The molecule has 3 rings (SSSR count). The number of hydrogen-bond donors (Lipinski definition) is 1. The highest BCUT2D eigenvalue weighted by atomic mass is 16.1. The van der Waals surface area contributed by atoms with Crippen LogP contribution in [0.1, 0.15) is 31.4 Å². The lowest BCUT2D eigenvalue weighted by molar-refractivity contribution is -0.116. The summed E-state index contributed by atoms with van der Waals surface area (Å²) < 4.78 is 0. The molecule has 0 bridgehead atoms. The molecule has 1 N–H and O–H groups in total. The Labute approximate surface area is 143 Å². The van der Waals surface area contributed by atoms with E-state index in [0.717, 1.165) is 23.0 Å². The highest BCUT2D eigenvalue weighted by molar-refractivity contribution is 5.93. The maximum Gasteiger partial charge on any atom is 0.224 e. The fourth-order valence-corrected chi connectivity index (χ4v) is 2.38. The topological polar surface area (TPSA) is 42.0 Å². The zero-order valence-corrected chi connectivity index (χ0v) is 14.5. The molecular weight excluding hydrogens is 296 g/mol. The molecule has 1 heterocycles. The Hall–Kier alpha value is -2.68. The Morgan fingerprint density at radius 3 is 2.50 bits per heavy atom.